The summed E-state index contributed by atoms with van der Waals surface area (Å²) in [4.78, 5) is 8.74. The van der Waals surface area contributed by atoms with Gasteiger partial charge in [0.05, 0.1) is 0 Å². The molecule has 0 atom stereocenters. The van der Waals surface area contributed by atoms with Crippen LogP contribution in [0.2, 0.25) is 0 Å². The first-order chi connectivity index (χ1) is 2.27. The molecule has 0 aromatic rings. The Kier molecular flexibility index (Phi) is 1.75. The van der Waals surface area contributed by atoms with Gasteiger partial charge in [0.1, 0.15) is 0 Å². The Balaban J connectivity index is 3.20. The summed E-state index contributed by atoms with van der Waals surface area (Å²) in [6.07, 6.45) is 0. The van der Waals surface area contributed by atoms with Crippen LogP contribution >= 0.6 is 12.2 Å². The smallest absolute Gasteiger partial charge is 0.168 e. The van der Waals surface area contributed by atoms with Gasteiger partial charge in [-0.2, -0.15) is 4.39 Å². The van der Waals surface area contributed by atoms with Gasteiger partial charge in [-0.3, -0.25) is 0 Å². The first-order valence-electron chi connectivity index (χ1n) is 0.799. The lowest BCUT2D eigenvalue weighted by Gasteiger charge is -1.55. The highest BCUT2D eigenvalue weighted by molar-refractivity contribution is 7.80. The summed E-state index contributed by atoms with van der Waals surface area (Å²) in [6.45, 7) is 0. The third-order valence-corrected chi connectivity index (χ3v) is 0.146. The third-order valence-electron chi connectivity index (χ3n) is 0.0718. The van der Waals surface area contributed by atoms with Crippen LogP contribution in [0, 0.1) is 4.91 Å². The molecule has 0 rings (SSSR count). The van der Waals surface area contributed by atoms with E-state index in [0.29, 0.717) is 0 Å². The highest BCUT2D eigenvalue weighted by atomic mass is 32.1. The van der Waals surface area contributed by atoms with Gasteiger partial charge in [-0.1, -0.05) is 0 Å². The highest BCUT2D eigenvalue weighted by Crippen LogP contribution is 1.74. The van der Waals surface area contributed by atoms with Crippen molar-refractivity contribution in [1.82, 2.24) is 0 Å². The van der Waals surface area contributed by atoms with E-state index in [9.17, 15) is 4.39 Å². The molecule has 0 aromatic heterocycles. The SMILES string of the molecule is O=NC(F)=S. The topological polar surface area (TPSA) is 29.4 Å². The Labute approximate surface area is 33.0 Å². The number of nitrogens with zero attached hydrogens (tertiary/aromatic N) is 1. The molecule has 28 valence electrons. The van der Waals surface area contributed by atoms with Crippen LogP contribution in [0.3, 0.4) is 0 Å². The van der Waals surface area contributed by atoms with Crippen molar-refractivity contribution in [3.8, 4) is 0 Å². The van der Waals surface area contributed by atoms with E-state index in [2.05, 4.69) is 12.2 Å². The summed E-state index contributed by atoms with van der Waals surface area (Å²) in [6, 6.07) is 0. The predicted octanol–water partition coefficient (Wildman–Crippen LogP) is 1.01. The monoisotopic (exact) mass is 93.0 g/mol. The maximum Gasteiger partial charge on any atom is 0.319 e. The standard InChI is InChI=1S/CFNOS/c2-1(5)3-4. The molecule has 0 aromatic carbocycles. The van der Waals surface area contributed by atoms with Gasteiger partial charge < -0.3 is 0 Å². The maximum absolute atomic E-state index is 10.7. The quantitative estimate of drug-likeness (QED) is 0.193. The average Bonchev–Trinajstić information content (AvgIpc) is 1.38. The minimum Gasteiger partial charge on any atom is -0.168 e. The molecule has 0 aliphatic carbocycles. The van der Waals surface area contributed by atoms with Gasteiger partial charge in [-0.05, 0) is 12.2 Å². The van der Waals surface area contributed by atoms with Crippen molar-refractivity contribution in [3.63, 3.8) is 0 Å². The fraction of sp³-hybridized carbons (Fsp3) is 0. The molecule has 0 spiro atoms. The summed E-state index contributed by atoms with van der Waals surface area (Å²) in [5, 5.41) is 0.361. The molecule has 0 N–H and O–H groups in total. The van der Waals surface area contributed by atoms with Gasteiger partial charge >= 0.3 is 5.24 Å². The summed E-state index contributed by atoms with van der Waals surface area (Å²) in [5.41, 5.74) is 0. The van der Waals surface area contributed by atoms with Gasteiger partial charge in [0.15, 0.2) is 0 Å². The molecule has 0 amide bonds. The van der Waals surface area contributed by atoms with Crippen LogP contribution in [-0.2, 0) is 0 Å². The van der Waals surface area contributed by atoms with Crippen molar-refractivity contribution in [3.05, 3.63) is 4.91 Å². The molecule has 0 fully saturated rings. The second-order valence-corrected chi connectivity index (χ2v) is 0.681. The van der Waals surface area contributed by atoms with Crippen LogP contribution < -0.4 is 0 Å². The summed E-state index contributed by atoms with van der Waals surface area (Å²) >= 11 is 3.55. The largest absolute Gasteiger partial charge is 0.319 e. The van der Waals surface area contributed by atoms with Crippen LogP contribution in [0.5, 0.6) is 0 Å². The van der Waals surface area contributed by atoms with E-state index < -0.39 is 5.24 Å². The molecule has 0 saturated carbocycles. The van der Waals surface area contributed by atoms with Crippen LogP contribution in [0.4, 0.5) is 4.39 Å². The molecular formula is CFNOS. The summed E-state index contributed by atoms with van der Waals surface area (Å²) in [5.74, 6) is 0. The van der Waals surface area contributed by atoms with Gasteiger partial charge in [0.2, 0.25) is 0 Å². The Morgan fingerprint density at radius 3 is 2.20 bits per heavy atom. The predicted molar refractivity (Wildman–Crippen MR) is 19.5 cm³/mol. The summed E-state index contributed by atoms with van der Waals surface area (Å²) in [7, 11) is 0. The average molecular weight is 93.1 g/mol. The van der Waals surface area contributed by atoms with Crippen molar-refractivity contribution in [1.29, 1.82) is 0 Å². The zero-order valence-corrected chi connectivity index (χ0v) is 2.96. The third kappa shape index (κ3) is 3.62. The molecule has 0 aliphatic heterocycles. The van der Waals surface area contributed by atoms with Gasteiger partial charge in [0.25, 0.3) is 0 Å². The van der Waals surface area contributed by atoms with E-state index in [1.165, 1.54) is 0 Å². The highest BCUT2D eigenvalue weighted by Gasteiger charge is 1.78. The minimum absolute atomic E-state index is 1.34. The number of rotatable bonds is 0. The van der Waals surface area contributed by atoms with E-state index in [1.807, 2.05) is 0 Å². The first-order valence-corrected chi connectivity index (χ1v) is 1.21. The van der Waals surface area contributed by atoms with Crippen molar-refractivity contribution in [2.45, 2.75) is 0 Å². The van der Waals surface area contributed by atoms with Gasteiger partial charge in [-0.25, -0.2) is 0 Å². The number of halogens is 1. The number of nitroso groups, excluding NO2 is 1. The number of hydrogen-bond acceptors (Lipinski definition) is 2. The van der Waals surface area contributed by atoms with Crippen LogP contribution in [0.25, 0.3) is 0 Å². The fourth-order valence-corrected chi connectivity index (χ4v) is 0. The van der Waals surface area contributed by atoms with Crippen molar-refractivity contribution in [2.24, 2.45) is 5.18 Å². The lowest BCUT2D eigenvalue weighted by atomic mass is 11.4. The van der Waals surface area contributed by atoms with Crippen LogP contribution in [-0.4, -0.2) is 5.24 Å². The van der Waals surface area contributed by atoms with Crippen LogP contribution in [0.1, 0.15) is 0 Å². The summed E-state index contributed by atoms with van der Waals surface area (Å²) < 4.78 is 10.7. The molecule has 0 bridgehead atoms. The Morgan fingerprint density at radius 1 is 2.00 bits per heavy atom. The maximum atomic E-state index is 10.7. The van der Waals surface area contributed by atoms with E-state index in [0.717, 1.165) is 0 Å². The second-order valence-electron chi connectivity index (χ2n) is 0.344. The zero-order valence-electron chi connectivity index (χ0n) is 2.14. The zero-order chi connectivity index (χ0) is 4.28. The minimum atomic E-state index is -1.34. The van der Waals surface area contributed by atoms with Crippen LogP contribution in [0.15, 0.2) is 5.18 Å². The van der Waals surface area contributed by atoms with E-state index in [-0.39, 0.29) is 0 Å². The molecule has 2 nitrogen and oxygen atoms in total. The molecule has 0 aliphatic rings. The Bertz CT molecular complexity index is 62.7. The first kappa shape index (κ1) is 4.62. The number of thiocarbonyl (C=S) groups is 1. The second kappa shape index (κ2) is 1.90. The Morgan fingerprint density at radius 2 is 2.20 bits per heavy atom. The van der Waals surface area contributed by atoms with E-state index in [1.54, 1.807) is 5.18 Å². The fourth-order valence-electron chi connectivity index (χ4n) is 0. The molecule has 0 heterocycles. The van der Waals surface area contributed by atoms with E-state index >= 15 is 0 Å². The van der Waals surface area contributed by atoms with Gasteiger partial charge in [0, 0.05) is 5.18 Å². The van der Waals surface area contributed by atoms with E-state index in [4.69, 9.17) is 4.91 Å². The van der Waals surface area contributed by atoms with Crippen molar-refractivity contribution < 1.29 is 4.39 Å². The normalized spacial score (nSPS) is 6.60. The lowest BCUT2D eigenvalue weighted by Crippen LogP contribution is -1.64. The van der Waals surface area contributed by atoms with Crippen molar-refractivity contribution in [2.75, 3.05) is 0 Å². The van der Waals surface area contributed by atoms with Crippen molar-refractivity contribution >= 4 is 17.5 Å². The Hall–Kier alpha value is -0.380. The molecule has 0 radical (unpaired) electrons. The number of hydrogen-bond donors (Lipinski definition) is 0. The molecule has 0 unspecified atom stereocenters. The molecule has 0 saturated heterocycles. The molecule has 5 heavy (non-hydrogen) atoms. The molecular weight excluding hydrogens is 93.1 g/mol. The molecule has 4 heteroatoms. The lowest BCUT2D eigenvalue weighted by molar-refractivity contribution is 0.815. The van der Waals surface area contributed by atoms with Gasteiger partial charge in [-0.15, -0.1) is 4.91 Å².